The first-order chi connectivity index (χ1) is 16.6. The fourth-order valence-corrected chi connectivity index (χ4v) is 3.91. The van der Waals surface area contributed by atoms with E-state index in [1.807, 2.05) is 38.1 Å². The summed E-state index contributed by atoms with van der Waals surface area (Å²) in [5, 5.41) is 3.44. The second-order valence-electron chi connectivity index (χ2n) is 9.64. The molecule has 1 unspecified atom stereocenters. The zero-order valence-electron chi connectivity index (χ0n) is 24.4. The van der Waals surface area contributed by atoms with Crippen LogP contribution in [0.2, 0.25) is 0 Å². The number of allylic oxidation sites excluding steroid dienone is 3. The molecule has 1 saturated carbocycles. The van der Waals surface area contributed by atoms with Crippen LogP contribution in [0, 0.1) is 61.9 Å². The van der Waals surface area contributed by atoms with Crippen LogP contribution < -0.4 is 5.32 Å². The standard InChI is InChI=1S/C20H35NO.C7H7.C2H3F2.C2H6.U/c1-6-15(3)17(5)12-19(16(4)7-2)22-18-8-10-20(11-9-18)13-21-14-20;1-7-5-3-2-4-6-7;1-2(3)4;1-2;/h12,15,18,21H,6-11,13-14H2,1-5H3;3-6H,1H3;1H3;1-2H3;/q;2*-1;;+2/b17-12-,19-16?;;;;. The Morgan fingerprint density at radius 3 is 2.00 bits per heavy atom. The molecule has 1 aromatic rings. The van der Waals surface area contributed by atoms with Crippen molar-refractivity contribution in [2.75, 3.05) is 13.1 Å². The van der Waals surface area contributed by atoms with Crippen molar-refractivity contribution in [2.45, 2.75) is 107 Å². The number of ether oxygens (including phenoxy) is 1. The molecule has 0 bridgehead atoms. The Labute approximate surface area is 245 Å². The van der Waals surface area contributed by atoms with Gasteiger partial charge in [0.25, 0.3) is 0 Å². The monoisotopic (exact) mass is 729 g/mol. The van der Waals surface area contributed by atoms with Gasteiger partial charge in [0, 0.05) is 13.1 Å². The van der Waals surface area contributed by atoms with E-state index in [9.17, 15) is 8.78 Å². The van der Waals surface area contributed by atoms with E-state index in [0.717, 1.165) is 19.1 Å². The Balaban J connectivity index is 0. The van der Waals surface area contributed by atoms with Crippen LogP contribution in [0.1, 0.15) is 99.5 Å². The molecule has 2 nitrogen and oxygen atoms in total. The van der Waals surface area contributed by atoms with Gasteiger partial charge in [-0.25, -0.2) is 0 Å². The van der Waals surface area contributed by atoms with Gasteiger partial charge >= 0.3 is 31.1 Å². The molecule has 36 heavy (non-hydrogen) atoms. The maximum atomic E-state index is 10.2. The number of hydrogen-bond donors (Lipinski definition) is 1. The predicted molar refractivity (Wildman–Crippen MR) is 147 cm³/mol. The van der Waals surface area contributed by atoms with Gasteiger partial charge in [0.1, 0.15) is 5.76 Å². The number of nitrogens with one attached hydrogen (secondary N) is 1. The molecule has 2 aliphatic rings. The minimum absolute atomic E-state index is 0. The summed E-state index contributed by atoms with van der Waals surface area (Å²) in [6.45, 7) is 20.5. The van der Waals surface area contributed by atoms with E-state index < -0.39 is 6.43 Å². The molecule has 0 radical (unpaired) electrons. The van der Waals surface area contributed by atoms with Crippen molar-refractivity contribution < 1.29 is 44.6 Å². The smallest absolute Gasteiger partial charge is 0.491 e. The average molecular weight is 730 g/mol. The number of rotatable bonds is 6. The van der Waals surface area contributed by atoms with E-state index in [1.165, 1.54) is 61.9 Å². The average Bonchev–Trinajstić information content (AvgIpc) is 2.83. The first-order valence-corrected chi connectivity index (χ1v) is 13.4. The Hall–Kier alpha value is -0.628. The van der Waals surface area contributed by atoms with Crippen LogP contribution in [0.15, 0.2) is 47.2 Å². The second kappa shape index (κ2) is 21.3. The topological polar surface area (TPSA) is 21.3 Å². The summed E-state index contributed by atoms with van der Waals surface area (Å²) in [6.07, 6.45) is 8.51. The zero-order valence-corrected chi connectivity index (χ0v) is 28.5. The molecular weight excluding hydrogens is 678 g/mol. The Kier molecular flexibility index (Phi) is 22.2. The fourth-order valence-electron chi connectivity index (χ4n) is 3.91. The Morgan fingerprint density at radius 1 is 1.17 bits per heavy atom. The number of halogens is 2. The van der Waals surface area contributed by atoms with Gasteiger partial charge in [0.15, 0.2) is 0 Å². The van der Waals surface area contributed by atoms with E-state index in [-0.39, 0.29) is 31.1 Å². The van der Waals surface area contributed by atoms with E-state index in [4.69, 9.17) is 4.74 Å². The summed E-state index contributed by atoms with van der Waals surface area (Å²) in [4.78, 5) is 0. The normalized spacial score (nSPS) is 17.9. The van der Waals surface area contributed by atoms with Crippen LogP contribution in [0.3, 0.4) is 0 Å². The molecule has 204 valence electrons. The molecule has 1 N–H and O–H groups in total. The van der Waals surface area contributed by atoms with Gasteiger partial charge in [-0.2, -0.15) is 35.9 Å². The Morgan fingerprint density at radius 2 is 1.67 bits per heavy atom. The van der Waals surface area contributed by atoms with Gasteiger partial charge in [0.2, 0.25) is 0 Å². The van der Waals surface area contributed by atoms with Crippen LogP contribution in [0.4, 0.5) is 8.78 Å². The first-order valence-electron chi connectivity index (χ1n) is 13.4. The van der Waals surface area contributed by atoms with Crippen molar-refractivity contribution >= 4 is 0 Å². The summed E-state index contributed by atoms with van der Waals surface area (Å²) in [5.41, 5.74) is 4.74. The molecule has 1 aromatic carbocycles. The van der Waals surface area contributed by atoms with Gasteiger partial charge in [-0.15, -0.1) is 6.92 Å². The van der Waals surface area contributed by atoms with Crippen LogP contribution in [0.5, 0.6) is 0 Å². The van der Waals surface area contributed by atoms with Crippen LogP contribution in [-0.4, -0.2) is 19.2 Å². The maximum absolute atomic E-state index is 10.2. The summed E-state index contributed by atoms with van der Waals surface area (Å²) in [6, 6.07) is 10.8. The van der Waals surface area contributed by atoms with Crippen LogP contribution in [-0.2, 0) is 4.74 Å². The van der Waals surface area contributed by atoms with Crippen molar-refractivity contribution in [1.82, 2.24) is 5.32 Å². The van der Waals surface area contributed by atoms with Crippen molar-refractivity contribution in [1.29, 1.82) is 0 Å². The largest absolute Gasteiger partial charge is 2.00 e. The van der Waals surface area contributed by atoms with Gasteiger partial charge in [-0.1, -0.05) is 47.1 Å². The zero-order chi connectivity index (χ0) is 26.9. The predicted octanol–water partition coefficient (Wildman–Crippen LogP) is 9.47. The molecule has 1 atom stereocenters. The molecule has 1 aliphatic heterocycles. The Bertz CT molecular complexity index is 717. The van der Waals surface area contributed by atoms with Crippen molar-refractivity contribution in [3.8, 4) is 0 Å². The third-order valence-electron chi connectivity index (χ3n) is 6.87. The van der Waals surface area contributed by atoms with Gasteiger partial charge in [-0.05, 0) is 81.8 Å². The summed E-state index contributed by atoms with van der Waals surface area (Å²) in [7, 11) is 0. The van der Waals surface area contributed by atoms with Crippen molar-refractivity contribution in [3.63, 3.8) is 0 Å². The number of hydrogen-bond acceptors (Lipinski definition) is 2. The van der Waals surface area contributed by atoms with E-state index >= 15 is 0 Å². The summed E-state index contributed by atoms with van der Waals surface area (Å²) >= 11 is 0. The molecule has 3 rings (SSSR count). The molecule has 2 fully saturated rings. The van der Waals surface area contributed by atoms with Gasteiger partial charge in [-0.3, -0.25) is 0 Å². The molecular formula is C31H51F2NOU. The molecule has 1 aliphatic carbocycles. The molecule has 1 saturated heterocycles. The fraction of sp³-hybridized carbons (Fsp3) is 0.645. The molecule has 0 aromatic heterocycles. The van der Waals surface area contributed by atoms with E-state index in [0.29, 0.717) is 17.4 Å². The van der Waals surface area contributed by atoms with Gasteiger partial charge < -0.3 is 18.8 Å². The number of benzene rings is 1. The molecule has 1 heterocycles. The first kappa shape index (κ1) is 37.5. The maximum Gasteiger partial charge on any atom is 2.00 e. The third-order valence-corrected chi connectivity index (χ3v) is 6.87. The van der Waals surface area contributed by atoms with Crippen LogP contribution in [0.25, 0.3) is 0 Å². The second-order valence-corrected chi connectivity index (χ2v) is 9.64. The molecule has 1 spiro atoms. The van der Waals surface area contributed by atoms with Crippen molar-refractivity contribution in [2.24, 2.45) is 11.3 Å². The summed E-state index contributed by atoms with van der Waals surface area (Å²) in [5.74, 6) is 1.78. The minimum atomic E-state index is -1.58. The third kappa shape index (κ3) is 15.6. The van der Waals surface area contributed by atoms with E-state index in [2.05, 4.69) is 59.0 Å². The quantitative estimate of drug-likeness (QED) is 0.179. The molecule has 0 amide bonds. The number of aryl methyl sites for hydroxylation is 1. The van der Waals surface area contributed by atoms with E-state index in [1.54, 1.807) is 0 Å². The van der Waals surface area contributed by atoms with Gasteiger partial charge in [0.05, 0.1) is 6.10 Å². The molecule has 5 heteroatoms. The van der Waals surface area contributed by atoms with Crippen LogP contribution >= 0.6 is 0 Å². The SMILES string of the molecule is CC.CCC(C)=C(/C=C(/C)C(C)CC)OC1CCC2(CC1)CNC2.C[C-](F)F.Cc1cc[c-]cc1.[U+2]. The minimum Gasteiger partial charge on any atom is -0.491 e. The summed E-state index contributed by atoms with van der Waals surface area (Å²) < 4.78 is 27.0. The van der Waals surface area contributed by atoms with Crippen molar-refractivity contribution in [3.05, 3.63) is 65.3 Å².